The second-order valence-corrected chi connectivity index (χ2v) is 1.61. The molecule has 0 rings (SSSR count). The molecule has 0 spiro atoms. The zero-order chi connectivity index (χ0) is 10.4. The van der Waals surface area contributed by atoms with Crippen LogP contribution in [-0.4, -0.2) is 33.0 Å². The summed E-state index contributed by atoms with van der Waals surface area (Å²) in [6, 6.07) is 0. The van der Waals surface area contributed by atoms with E-state index in [9.17, 15) is 9.59 Å². The zero-order valence-corrected chi connectivity index (χ0v) is 8.51. The van der Waals surface area contributed by atoms with Crippen LogP contribution in [0.4, 0.5) is 0 Å². The van der Waals surface area contributed by atoms with Crippen LogP contribution in [0.2, 0.25) is 0 Å². The van der Waals surface area contributed by atoms with Gasteiger partial charge in [0.25, 0.3) is 0 Å². The molecule has 0 aliphatic carbocycles. The van der Waals surface area contributed by atoms with E-state index >= 15 is 0 Å². The molecule has 0 fully saturated rings. The quantitative estimate of drug-likeness (QED) is 0.643. The van der Waals surface area contributed by atoms with E-state index in [1.807, 2.05) is 13.8 Å². The first-order chi connectivity index (χ1) is 5.68. The van der Waals surface area contributed by atoms with E-state index in [-0.39, 0.29) is 12.3 Å². The minimum Gasteiger partial charge on any atom is -0.388 e. The second-order valence-electron chi connectivity index (χ2n) is 1.61. The van der Waals surface area contributed by atoms with Crippen LogP contribution in [0, 0.1) is 0 Å². The first-order valence-corrected chi connectivity index (χ1v) is 3.75. The van der Waals surface area contributed by atoms with E-state index in [1.165, 1.54) is 6.92 Å². The van der Waals surface area contributed by atoms with Crippen LogP contribution in [0.1, 0.15) is 20.8 Å². The highest BCUT2D eigenvalue weighted by molar-refractivity contribution is 5.79. The molecule has 0 saturated carbocycles. The van der Waals surface area contributed by atoms with Gasteiger partial charge in [-0.3, -0.25) is 9.59 Å². The lowest BCUT2D eigenvalue weighted by Crippen LogP contribution is -2.18. The average Bonchev–Trinajstić information content (AvgIpc) is 2.06. The fourth-order valence-electron chi connectivity index (χ4n) is 0.185. The fraction of sp³-hybridized carbons (Fsp3) is 0.750. The molecule has 0 aliphatic heterocycles. The number of amides is 1. The van der Waals surface area contributed by atoms with Crippen molar-refractivity contribution in [2.75, 3.05) is 20.8 Å². The Balaban J connectivity index is -0.000000137. The number of ether oxygens (including phenoxy) is 1. The summed E-state index contributed by atoms with van der Waals surface area (Å²) in [6.45, 7) is 5.56. The molecule has 0 bridgehead atoms. The minimum absolute atomic E-state index is 0.0351. The van der Waals surface area contributed by atoms with E-state index in [2.05, 4.69) is 10.1 Å². The van der Waals surface area contributed by atoms with Gasteiger partial charge in [0, 0.05) is 14.2 Å². The lowest BCUT2D eigenvalue weighted by Gasteiger charge is -1.86. The normalized spacial score (nSPS) is 6.42. The molecule has 12 heavy (non-hydrogen) atoms. The monoisotopic (exact) mass is 177 g/mol. The van der Waals surface area contributed by atoms with Crippen molar-refractivity contribution >= 4 is 12.2 Å². The Morgan fingerprint density at radius 2 is 1.75 bits per heavy atom. The van der Waals surface area contributed by atoms with Crippen molar-refractivity contribution in [3.8, 4) is 0 Å². The molecule has 0 aromatic rings. The first-order valence-electron chi connectivity index (χ1n) is 3.75. The van der Waals surface area contributed by atoms with E-state index in [4.69, 9.17) is 0 Å². The number of nitrogens with one attached hydrogen (secondary N) is 1. The molecule has 0 radical (unpaired) electrons. The summed E-state index contributed by atoms with van der Waals surface area (Å²) in [5, 5.41) is 2.22. The van der Waals surface area contributed by atoms with Gasteiger partial charge in [-0.25, -0.2) is 0 Å². The smallest absolute Gasteiger partial charge is 0.207 e. The van der Waals surface area contributed by atoms with E-state index in [0.717, 1.165) is 0 Å². The van der Waals surface area contributed by atoms with Crippen molar-refractivity contribution in [1.82, 2.24) is 5.32 Å². The molecule has 0 saturated heterocycles. The zero-order valence-electron chi connectivity index (χ0n) is 8.51. The summed E-state index contributed by atoms with van der Waals surface area (Å²) in [6.07, 6.45) is 0.501. The maximum Gasteiger partial charge on any atom is 0.207 e. The van der Waals surface area contributed by atoms with Crippen molar-refractivity contribution in [3.63, 3.8) is 0 Å². The van der Waals surface area contributed by atoms with Gasteiger partial charge in [-0.05, 0) is 6.92 Å². The lowest BCUT2D eigenvalue weighted by atomic mass is 10.5. The average molecular weight is 177 g/mol. The largest absolute Gasteiger partial charge is 0.388 e. The van der Waals surface area contributed by atoms with Crippen LogP contribution < -0.4 is 5.32 Å². The van der Waals surface area contributed by atoms with Crippen LogP contribution in [0.25, 0.3) is 0 Å². The van der Waals surface area contributed by atoms with Gasteiger partial charge < -0.3 is 10.1 Å². The molecule has 1 amide bonds. The Morgan fingerprint density at radius 1 is 1.42 bits per heavy atom. The second kappa shape index (κ2) is 22.5. The third-order valence-corrected chi connectivity index (χ3v) is 0.434. The predicted molar refractivity (Wildman–Crippen MR) is 49.0 cm³/mol. The molecule has 74 valence electrons. The fourth-order valence-corrected chi connectivity index (χ4v) is 0.185. The van der Waals surface area contributed by atoms with Crippen molar-refractivity contribution in [3.05, 3.63) is 0 Å². The minimum atomic E-state index is -0.0351. The highest BCUT2D eigenvalue weighted by Crippen LogP contribution is 1.57. The van der Waals surface area contributed by atoms with Crippen LogP contribution in [0.3, 0.4) is 0 Å². The van der Waals surface area contributed by atoms with Crippen LogP contribution >= 0.6 is 0 Å². The number of carbonyl (C=O) groups is 2. The number of rotatable bonds is 3. The van der Waals surface area contributed by atoms with Crippen molar-refractivity contribution in [2.24, 2.45) is 0 Å². The maximum atomic E-state index is 9.98. The molecule has 0 aromatic carbocycles. The molecular weight excluding hydrogens is 158 g/mol. The molecule has 4 heteroatoms. The topological polar surface area (TPSA) is 55.4 Å². The summed E-state index contributed by atoms with van der Waals surface area (Å²) in [7, 11) is 3.25. The highest BCUT2D eigenvalue weighted by atomic mass is 16.4. The molecule has 4 nitrogen and oxygen atoms in total. The lowest BCUT2D eigenvalue weighted by molar-refractivity contribution is -0.118. The summed E-state index contributed by atoms with van der Waals surface area (Å²) >= 11 is 0. The van der Waals surface area contributed by atoms with Gasteiger partial charge in [0.05, 0.1) is 6.54 Å². The Labute approximate surface area is 74.3 Å². The molecule has 0 aliphatic rings. The van der Waals surface area contributed by atoms with Gasteiger partial charge in [0.1, 0.15) is 5.78 Å². The van der Waals surface area contributed by atoms with Crippen LogP contribution in [0.15, 0.2) is 0 Å². The van der Waals surface area contributed by atoms with Crippen LogP contribution in [-0.2, 0) is 14.3 Å². The Hall–Kier alpha value is -0.900. The standard InChI is InChI=1S/C4H7NO2.C2H6O.C2H6/c1-4(7)2-5-3-6;1-3-2;1-2/h3H,2H2,1H3,(H,5,6);1-2H3;1-2H3. The molecular formula is C8H19NO3. The van der Waals surface area contributed by atoms with Crippen LogP contribution in [0.5, 0.6) is 0 Å². The van der Waals surface area contributed by atoms with Gasteiger partial charge >= 0.3 is 0 Å². The van der Waals surface area contributed by atoms with E-state index in [1.54, 1.807) is 14.2 Å². The molecule has 0 aromatic heterocycles. The Kier molecular flexibility index (Phi) is 32.3. The van der Waals surface area contributed by atoms with Crippen molar-refractivity contribution in [1.29, 1.82) is 0 Å². The summed E-state index contributed by atoms with van der Waals surface area (Å²) in [5.74, 6) is -0.0351. The number of hydrogen-bond donors (Lipinski definition) is 1. The maximum absolute atomic E-state index is 9.98. The third kappa shape index (κ3) is 62.1. The summed E-state index contributed by atoms with van der Waals surface area (Å²) in [5.41, 5.74) is 0. The number of ketones is 1. The van der Waals surface area contributed by atoms with Crippen molar-refractivity contribution < 1.29 is 14.3 Å². The third-order valence-electron chi connectivity index (χ3n) is 0.434. The number of carbonyl (C=O) groups excluding carboxylic acids is 2. The molecule has 0 unspecified atom stereocenters. The Bertz CT molecular complexity index is 94.3. The first kappa shape index (κ1) is 17.3. The molecule has 0 atom stereocenters. The van der Waals surface area contributed by atoms with Gasteiger partial charge in [-0.1, -0.05) is 13.8 Å². The highest BCUT2D eigenvalue weighted by Gasteiger charge is 1.84. The summed E-state index contributed by atoms with van der Waals surface area (Å²) < 4.78 is 4.25. The number of methoxy groups -OCH3 is 1. The van der Waals surface area contributed by atoms with Crippen molar-refractivity contribution in [2.45, 2.75) is 20.8 Å². The predicted octanol–water partition coefficient (Wildman–Crippen LogP) is 0.610. The Morgan fingerprint density at radius 3 is 1.83 bits per heavy atom. The van der Waals surface area contributed by atoms with Gasteiger partial charge in [-0.2, -0.15) is 0 Å². The van der Waals surface area contributed by atoms with E-state index < -0.39 is 0 Å². The molecule has 1 N–H and O–H groups in total. The number of Topliss-reactive ketones (excluding diaryl/α,β-unsaturated/α-hetero) is 1. The van der Waals surface area contributed by atoms with Gasteiger partial charge in [-0.15, -0.1) is 0 Å². The van der Waals surface area contributed by atoms with E-state index in [0.29, 0.717) is 6.41 Å². The molecule has 0 heterocycles. The summed E-state index contributed by atoms with van der Waals surface area (Å²) in [4.78, 5) is 19.4. The van der Waals surface area contributed by atoms with Gasteiger partial charge in [0.2, 0.25) is 6.41 Å². The SMILES string of the molecule is CC.CC(=O)CNC=O.COC. The number of hydrogen-bond acceptors (Lipinski definition) is 3. The van der Waals surface area contributed by atoms with Gasteiger partial charge in [0.15, 0.2) is 0 Å².